The number of amides is 1. The summed E-state index contributed by atoms with van der Waals surface area (Å²) in [6.45, 7) is 2.19. The Bertz CT molecular complexity index is 406. The number of benzene rings is 1. The first-order valence-corrected chi connectivity index (χ1v) is 6.08. The summed E-state index contributed by atoms with van der Waals surface area (Å²) in [6, 6.07) is 5.88. The number of halogens is 1. The maximum absolute atomic E-state index is 12.0. The Balaban J connectivity index is 2.06. The van der Waals surface area contributed by atoms with Crippen molar-refractivity contribution in [2.45, 2.75) is 13.0 Å². The molecule has 0 bridgehead atoms. The first kappa shape index (κ1) is 11.6. The molecular formula is C12H14BrNO2. The van der Waals surface area contributed by atoms with Gasteiger partial charge in [0.05, 0.1) is 0 Å². The van der Waals surface area contributed by atoms with Crippen molar-refractivity contribution in [3.8, 4) is 0 Å². The van der Waals surface area contributed by atoms with E-state index in [0.717, 1.165) is 35.1 Å². The van der Waals surface area contributed by atoms with Crippen LogP contribution >= 0.6 is 15.9 Å². The van der Waals surface area contributed by atoms with Crippen molar-refractivity contribution in [1.82, 2.24) is 4.90 Å². The Kier molecular flexibility index (Phi) is 3.61. The number of hydrogen-bond acceptors (Lipinski definition) is 2. The van der Waals surface area contributed by atoms with Crippen LogP contribution in [0, 0.1) is 0 Å². The van der Waals surface area contributed by atoms with E-state index in [1.54, 1.807) is 7.11 Å². The van der Waals surface area contributed by atoms with Crippen molar-refractivity contribution in [3.05, 3.63) is 33.8 Å². The zero-order valence-corrected chi connectivity index (χ0v) is 10.8. The molecule has 0 spiro atoms. The average molecular weight is 284 g/mol. The number of rotatable bonds is 4. The van der Waals surface area contributed by atoms with Gasteiger partial charge in [0.25, 0.3) is 5.91 Å². The van der Waals surface area contributed by atoms with Crippen LogP contribution in [-0.4, -0.2) is 31.1 Å². The number of nitrogens with zero attached hydrogens (tertiary/aromatic N) is 1. The summed E-state index contributed by atoms with van der Waals surface area (Å²) in [7, 11) is 1.68. The summed E-state index contributed by atoms with van der Waals surface area (Å²) in [5, 5.41) is 0. The van der Waals surface area contributed by atoms with Crippen molar-refractivity contribution in [3.63, 3.8) is 0 Å². The quantitative estimate of drug-likeness (QED) is 0.795. The van der Waals surface area contributed by atoms with Gasteiger partial charge in [-0.25, -0.2) is 0 Å². The van der Waals surface area contributed by atoms with E-state index in [9.17, 15) is 4.79 Å². The second kappa shape index (κ2) is 4.97. The van der Waals surface area contributed by atoms with Gasteiger partial charge in [0.1, 0.15) is 0 Å². The molecule has 1 heterocycles. The number of carbonyl (C=O) groups is 1. The fraction of sp³-hybridized carbons (Fsp3) is 0.417. The second-order valence-corrected chi connectivity index (χ2v) is 4.79. The molecule has 1 aliphatic rings. The number of ether oxygens (including phenoxy) is 1. The lowest BCUT2D eigenvalue weighted by atomic mass is 10.1. The van der Waals surface area contributed by atoms with Gasteiger partial charge in [-0.3, -0.25) is 4.79 Å². The maximum atomic E-state index is 12.0. The van der Waals surface area contributed by atoms with Crippen LogP contribution in [0.5, 0.6) is 0 Å². The van der Waals surface area contributed by atoms with Crippen molar-refractivity contribution >= 4 is 21.8 Å². The van der Waals surface area contributed by atoms with Gasteiger partial charge >= 0.3 is 0 Å². The molecule has 86 valence electrons. The molecule has 0 N–H and O–H groups in total. The molecule has 0 saturated heterocycles. The third kappa shape index (κ3) is 2.28. The van der Waals surface area contributed by atoms with Crippen molar-refractivity contribution in [1.29, 1.82) is 0 Å². The van der Waals surface area contributed by atoms with Crippen molar-refractivity contribution in [2.24, 2.45) is 0 Å². The summed E-state index contributed by atoms with van der Waals surface area (Å²) in [4.78, 5) is 13.9. The van der Waals surface area contributed by atoms with Gasteiger partial charge in [0, 0.05) is 36.8 Å². The highest BCUT2D eigenvalue weighted by molar-refractivity contribution is 9.10. The van der Waals surface area contributed by atoms with Gasteiger partial charge in [-0.1, -0.05) is 22.0 Å². The molecule has 1 aromatic rings. The van der Waals surface area contributed by atoms with Gasteiger partial charge in [-0.05, 0) is 24.1 Å². The summed E-state index contributed by atoms with van der Waals surface area (Å²) >= 11 is 3.39. The van der Waals surface area contributed by atoms with E-state index in [4.69, 9.17) is 4.74 Å². The highest BCUT2D eigenvalue weighted by Crippen LogP contribution is 2.25. The first-order valence-electron chi connectivity index (χ1n) is 5.29. The molecule has 1 amide bonds. The predicted octanol–water partition coefficient (Wildman–Crippen LogP) is 2.44. The van der Waals surface area contributed by atoms with E-state index >= 15 is 0 Å². The van der Waals surface area contributed by atoms with Gasteiger partial charge in [-0.15, -0.1) is 0 Å². The third-order valence-corrected chi connectivity index (χ3v) is 3.22. The van der Waals surface area contributed by atoms with E-state index < -0.39 is 0 Å². The lowest BCUT2D eigenvalue weighted by Gasteiger charge is -2.14. The molecule has 0 saturated carbocycles. The Morgan fingerprint density at radius 3 is 3.06 bits per heavy atom. The zero-order chi connectivity index (χ0) is 11.5. The Morgan fingerprint density at radius 2 is 2.31 bits per heavy atom. The van der Waals surface area contributed by atoms with Gasteiger partial charge in [0.2, 0.25) is 0 Å². The number of fused-ring (bicyclic) bond motifs is 1. The van der Waals surface area contributed by atoms with Crippen LogP contribution in [-0.2, 0) is 11.3 Å². The summed E-state index contributed by atoms with van der Waals surface area (Å²) < 4.78 is 5.94. The molecule has 0 fully saturated rings. The van der Waals surface area contributed by atoms with Crippen LogP contribution < -0.4 is 0 Å². The molecule has 3 nitrogen and oxygen atoms in total. The van der Waals surface area contributed by atoms with Gasteiger partial charge in [0.15, 0.2) is 0 Å². The molecule has 0 atom stereocenters. The highest BCUT2D eigenvalue weighted by atomic mass is 79.9. The minimum absolute atomic E-state index is 0.132. The average Bonchev–Trinajstić information content (AvgIpc) is 2.57. The van der Waals surface area contributed by atoms with E-state index in [1.165, 1.54) is 0 Å². The molecular weight excluding hydrogens is 270 g/mol. The lowest BCUT2D eigenvalue weighted by molar-refractivity contribution is 0.0760. The lowest BCUT2D eigenvalue weighted by Crippen LogP contribution is -2.25. The molecule has 16 heavy (non-hydrogen) atoms. The molecule has 2 rings (SSSR count). The Morgan fingerprint density at radius 1 is 1.50 bits per heavy atom. The minimum Gasteiger partial charge on any atom is -0.385 e. The van der Waals surface area contributed by atoms with E-state index in [1.807, 2.05) is 23.1 Å². The van der Waals surface area contributed by atoms with Crippen LogP contribution in [0.1, 0.15) is 22.3 Å². The molecule has 1 aromatic carbocycles. The molecule has 0 aliphatic carbocycles. The predicted molar refractivity (Wildman–Crippen MR) is 65.4 cm³/mol. The monoisotopic (exact) mass is 283 g/mol. The highest BCUT2D eigenvalue weighted by Gasteiger charge is 2.26. The van der Waals surface area contributed by atoms with E-state index in [0.29, 0.717) is 6.61 Å². The SMILES string of the molecule is COCCCN1Cc2ccc(Br)cc2C1=O. The second-order valence-electron chi connectivity index (χ2n) is 3.87. The van der Waals surface area contributed by atoms with Crippen LogP contribution in [0.4, 0.5) is 0 Å². The maximum Gasteiger partial charge on any atom is 0.254 e. The number of hydrogen-bond donors (Lipinski definition) is 0. The normalized spacial score (nSPS) is 14.4. The van der Waals surface area contributed by atoms with Crippen LogP contribution in [0.25, 0.3) is 0 Å². The molecule has 0 unspecified atom stereocenters. The fourth-order valence-corrected chi connectivity index (χ4v) is 2.27. The standard InChI is InChI=1S/C12H14BrNO2/c1-16-6-2-5-14-8-9-3-4-10(13)7-11(9)12(14)15/h3-4,7H,2,5-6,8H2,1H3. The Labute approximate surface area is 104 Å². The zero-order valence-electron chi connectivity index (χ0n) is 9.20. The van der Waals surface area contributed by atoms with Gasteiger partial charge < -0.3 is 9.64 Å². The molecule has 1 aliphatic heterocycles. The third-order valence-electron chi connectivity index (χ3n) is 2.73. The van der Waals surface area contributed by atoms with E-state index in [-0.39, 0.29) is 5.91 Å². The molecule has 0 aromatic heterocycles. The van der Waals surface area contributed by atoms with Crippen LogP contribution in [0.2, 0.25) is 0 Å². The molecule has 0 radical (unpaired) electrons. The largest absolute Gasteiger partial charge is 0.385 e. The summed E-state index contributed by atoms with van der Waals surface area (Å²) in [6.07, 6.45) is 0.886. The Hall–Kier alpha value is -0.870. The van der Waals surface area contributed by atoms with Crippen molar-refractivity contribution < 1.29 is 9.53 Å². The fourth-order valence-electron chi connectivity index (χ4n) is 1.91. The van der Waals surface area contributed by atoms with Gasteiger partial charge in [-0.2, -0.15) is 0 Å². The minimum atomic E-state index is 0.132. The molecule has 4 heteroatoms. The first-order chi connectivity index (χ1) is 7.72. The number of methoxy groups -OCH3 is 1. The van der Waals surface area contributed by atoms with E-state index in [2.05, 4.69) is 15.9 Å². The topological polar surface area (TPSA) is 29.5 Å². The van der Waals surface area contributed by atoms with Crippen molar-refractivity contribution in [2.75, 3.05) is 20.3 Å². The number of carbonyl (C=O) groups excluding carboxylic acids is 1. The summed E-state index contributed by atoms with van der Waals surface area (Å²) in [5.74, 6) is 0.132. The summed E-state index contributed by atoms with van der Waals surface area (Å²) in [5.41, 5.74) is 1.94. The van der Waals surface area contributed by atoms with Crippen LogP contribution in [0.15, 0.2) is 22.7 Å². The van der Waals surface area contributed by atoms with Crippen LogP contribution in [0.3, 0.4) is 0 Å². The smallest absolute Gasteiger partial charge is 0.254 e.